The van der Waals surface area contributed by atoms with Gasteiger partial charge >= 0.3 is 12.1 Å². The van der Waals surface area contributed by atoms with E-state index in [4.69, 9.17) is 21.9 Å². The number of nitrogens with two attached hydrogens (primary N) is 3. The molecule has 2 aliphatic carbocycles. The number of aryl methyl sites for hydroxylation is 1. The van der Waals surface area contributed by atoms with E-state index in [1.54, 1.807) is 13.2 Å². The zero-order valence-corrected chi connectivity index (χ0v) is 24.1. The quantitative estimate of drug-likeness (QED) is 0.235. The molecule has 13 heteroatoms. The SMILES string of the molecule is CS.Cc1cc(-n2nc(C(F)(F)F)c3c2CC(C)(C)CC3=O)cc(N)c1C(N)=O.NCC(=O)OC1CCCCC1. The predicted octanol–water partition coefficient (Wildman–Crippen LogP) is 4.40. The molecule has 0 bridgehead atoms. The van der Waals surface area contributed by atoms with Gasteiger partial charge in [0, 0.05) is 12.1 Å². The first kappa shape index (κ1) is 33.1. The van der Waals surface area contributed by atoms with Gasteiger partial charge in [-0.15, -0.1) is 0 Å². The number of hydrogen-bond acceptors (Lipinski definition) is 8. The van der Waals surface area contributed by atoms with Gasteiger partial charge in [-0.2, -0.15) is 30.9 Å². The van der Waals surface area contributed by atoms with E-state index in [-0.39, 0.29) is 54.1 Å². The topological polar surface area (TPSA) is 156 Å². The number of hydrogen-bond donors (Lipinski definition) is 4. The van der Waals surface area contributed by atoms with Gasteiger partial charge in [-0.1, -0.05) is 20.3 Å². The van der Waals surface area contributed by atoms with E-state index in [9.17, 15) is 27.6 Å². The molecule has 0 atom stereocenters. The van der Waals surface area contributed by atoms with Crippen LogP contribution in [0.5, 0.6) is 0 Å². The Kier molecular flexibility index (Phi) is 11.2. The highest BCUT2D eigenvalue weighted by Crippen LogP contribution is 2.42. The molecule has 0 unspecified atom stereocenters. The molecular formula is C27H38F3N5O4S. The number of esters is 1. The van der Waals surface area contributed by atoms with Crippen molar-refractivity contribution in [2.45, 2.75) is 78.0 Å². The van der Waals surface area contributed by atoms with E-state index in [0.29, 0.717) is 5.56 Å². The van der Waals surface area contributed by atoms with Gasteiger partial charge in [0.2, 0.25) is 0 Å². The Morgan fingerprint density at radius 3 is 2.25 bits per heavy atom. The number of ether oxygens (including phenoxy) is 1. The second-order valence-electron chi connectivity index (χ2n) is 10.6. The molecule has 1 amide bonds. The number of carbonyl (C=O) groups is 3. The maximum Gasteiger partial charge on any atom is 0.435 e. The van der Waals surface area contributed by atoms with Gasteiger partial charge in [-0.25, -0.2) is 4.68 Å². The highest BCUT2D eigenvalue weighted by Gasteiger charge is 2.45. The Hall–Kier alpha value is -3.06. The fourth-order valence-corrected chi connectivity index (χ4v) is 5.03. The molecule has 4 rings (SSSR count). The van der Waals surface area contributed by atoms with Crippen LogP contribution in [0.1, 0.15) is 90.0 Å². The Morgan fingerprint density at radius 1 is 1.15 bits per heavy atom. The van der Waals surface area contributed by atoms with Gasteiger partial charge < -0.3 is 21.9 Å². The normalized spacial score (nSPS) is 16.6. The predicted molar refractivity (Wildman–Crippen MR) is 150 cm³/mol. The summed E-state index contributed by atoms with van der Waals surface area (Å²) in [5, 5.41) is 3.71. The summed E-state index contributed by atoms with van der Waals surface area (Å²) in [5.74, 6) is -1.58. The number of ketones is 1. The van der Waals surface area contributed by atoms with Gasteiger partial charge in [-0.05, 0) is 68.4 Å². The van der Waals surface area contributed by atoms with Crippen molar-refractivity contribution in [1.29, 1.82) is 0 Å². The number of aromatic nitrogens is 2. The minimum Gasteiger partial charge on any atom is -0.461 e. The third-order valence-electron chi connectivity index (χ3n) is 6.67. The smallest absolute Gasteiger partial charge is 0.435 e. The van der Waals surface area contributed by atoms with Crippen molar-refractivity contribution in [3.63, 3.8) is 0 Å². The van der Waals surface area contributed by atoms with Crippen LogP contribution in [0.15, 0.2) is 12.1 Å². The lowest BCUT2D eigenvalue weighted by Crippen LogP contribution is -2.29. The lowest BCUT2D eigenvalue weighted by molar-refractivity contribution is -0.148. The third-order valence-corrected chi connectivity index (χ3v) is 6.67. The Morgan fingerprint density at radius 2 is 1.75 bits per heavy atom. The minimum absolute atomic E-state index is 0.0104. The summed E-state index contributed by atoms with van der Waals surface area (Å²) in [5.41, 5.74) is 15.2. The summed E-state index contributed by atoms with van der Waals surface area (Å²) < 4.78 is 46.6. The van der Waals surface area contributed by atoms with Crippen LogP contribution >= 0.6 is 12.6 Å². The highest BCUT2D eigenvalue weighted by atomic mass is 32.1. The van der Waals surface area contributed by atoms with Crippen LogP contribution in [0.25, 0.3) is 5.69 Å². The molecule has 9 nitrogen and oxygen atoms in total. The van der Waals surface area contributed by atoms with Crippen LogP contribution in [-0.2, 0) is 22.1 Å². The number of benzene rings is 1. The zero-order chi connectivity index (χ0) is 30.4. The summed E-state index contributed by atoms with van der Waals surface area (Å²) in [6.07, 6.45) is 3.02. The molecule has 1 saturated carbocycles. The van der Waals surface area contributed by atoms with Crippen LogP contribution in [0.3, 0.4) is 0 Å². The lowest BCUT2D eigenvalue weighted by atomic mass is 9.75. The van der Waals surface area contributed by atoms with E-state index < -0.39 is 34.5 Å². The third kappa shape index (κ3) is 8.00. The van der Waals surface area contributed by atoms with E-state index >= 15 is 0 Å². The fraction of sp³-hybridized carbons (Fsp3) is 0.556. The number of primary amides is 1. The molecule has 1 aromatic carbocycles. The standard InChI is InChI=1S/C18H19F3N4O2.C8H15NO2.CH4S/c1-8-4-9(5-10(22)13(8)16(23)27)25-11-6-17(2,3)7-12(26)14(11)15(24-25)18(19,20)21;9-6-8(10)11-7-4-2-1-3-5-7;1-2/h4-5H,6-7,22H2,1-3H3,(H2,23,27);7H,1-6,9H2;2H,1H3. The van der Waals surface area contributed by atoms with Crippen molar-refractivity contribution in [1.82, 2.24) is 9.78 Å². The summed E-state index contributed by atoms with van der Waals surface area (Å²) >= 11 is 3.53. The van der Waals surface area contributed by atoms with E-state index in [1.165, 1.54) is 31.4 Å². The van der Waals surface area contributed by atoms with Gasteiger partial charge in [-0.3, -0.25) is 14.4 Å². The molecule has 6 N–H and O–H groups in total. The largest absolute Gasteiger partial charge is 0.461 e. The molecule has 0 spiro atoms. The van der Waals surface area contributed by atoms with Gasteiger partial charge in [0.05, 0.1) is 29.1 Å². The fourth-order valence-electron chi connectivity index (χ4n) is 5.03. The number of nitrogens with zero attached hydrogens (tertiary/aromatic N) is 2. The Labute approximate surface area is 237 Å². The van der Waals surface area contributed by atoms with E-state index in [0.717, 1.165) is 17.5 Å². The molecule has 0 saturated heterocycles. The number of halogens is 3. The van der Waals surface area contributed by atoms with Crippen molar-refractivity contribution in [3.8, 4) is 5.69 Å². The van der Waals surface area contributed by atoms with Crippen molar-refractivity contribution in [2.75, 3.05) is 18.5 Å². The van der Waals surface area contributed by atoms with E-state index in [1.807, 2.05) is 13.8 Å². The van der Waals surface area contributed by atoms with Crippen molar-refractivity contribution < 1.29 is 32.3 Å². The van der Waals surface area contributed by atoms with E-state index in [2.05, 4.69) is 17.7 Å². The molecule has 1 aromatic heterocycles. The maximum absolute atomic E-state index is 13.5. The molecule has 222 valence electrons. The number of carbonyl (C=O) groups excluding carboxylic acids is 3. The molecule has 1 fully saturated rings. The molecule has 40 heavy (non-hydrogen) atoms. The molecular weight excluding hydrogens is 547 g/mol. The summed E-state index contributed by atoms with van der Waals surface area (Å²) in [6, 6.07) is 2.82. The number of anilines is 1. The van der Waals surface area contributed by atoms with Crippen molar-refractivity contribution in [2.24, 2.45) is 16.9 Å². The first-order chi connectivity index (χ1) is 18.6. The number of Topliss-reactive ketones (excluding diaryl/α,β-unsaturated/α-hetero) is 1. The average molecular weight is 586 g/mol. The second-order valence-corrected chi connectivity index (χ2v) is 10.6. The number of rotatable bonds is 4. The number of fused-ring (bicyclic) bond motifs is 1. The molecule has 0 radical (unpaired) electrons. The monoisotopic (exact) mass is 585 g/mol. The second kappa shape index (κ2) is 13.5. The molecule has 2 aromatic rings. The number of amides is 1. The number of alkyl halides is 3. The Bertz CT molecular complexity index is 1210. The lowest BCUT2D eigenvalue weighted by Gasteiger charge is -2.29. The van der Waals surface area contributed by atoms with Crippen LogP contribution < -0.4 is 17.2 Å². The van der Waals surface area contributed by atoms with Crippen molar-refractivity contribution >= 4 is 36.0 Å². The van der Waals surface area contributed by atoms with Crippen LogP contribution in [-0.4, -0.2) is 46.3 Å². The van der Waals surface area contributed by atoms with Crippen molar-refractivity contribution in [3.05, 3.63) is 40.2 Å². The van der Waals surface area contributed by atoms with Gasteiger partial charge in [0.25, 0.3) is 5.91 Å². The highest BCUT2D eigenvalue weighted by molar-refractivity contribution is 7.79. The van der Waals surface area contributed by atoms with Gasteiger partial charge in [0.15, 0.2) is 11.5 Å². The summed E-state index contributed by atoms with van der Waals surface area (Å²) in [6.45, 7) is 5.22. The van der Waals surface area contributed by atoms with Crippen LogP contribution in [0.2, 0.25) is 0 Å². The zero-order valence-electron chi connectivity index (χ0n) is 23.2. The molecule has 2 aliphatic rings. The Balaban J connectivity index is 0.000000360. The number of thiol groups is 1. The minimum atomic E-state index is -4.76. The molecule has 1 heterocycles. The maximum atomic E-state index is 13.5. The summed E-state index contributed by atoms with van der Waals surface area (Å²) in [7, 11) is 0. The van der Waals surface area contributed by atoms with Gasteiger partial charge in [0.1, 0.15) is 6.10 Å². The van der Waals surface area contributed by atoms with Crippen LogP contribution in [0, 0.1) is 12.3 Å². The molecule has 0 aliphatic heterocycles. The number of nitrogen functional groups attached to an aromatic ring is 1. The first-order valence-electron chi connectivity index (χ1n) is 12.9. The first-order valence-corrected chi connectivity index (χ1v) is 13.8. The average Bonchev–Trinajstić information content (AvgIpc) is 3.25. The summed E-state index contributed by atoms with van der Waals surface area (Å²) in [4.78, 5) is 34.7. The van der Waals surface area contributed by atoms with Crippen LogP contribution in [0.4, 0.5) is 18.9 Å².